The van der Waals surface area contributed by atoms with Gasteiger partial charge in [0.25, 0.3) is 5.16 Å². The number of tetrazole rings is 1. The molecule has 0 N–H and O–H groups in total. The average Bonchev–Trinajstić information content (AvgIpc) is 2.76. The standard InChI is InChI=1S/C10H10N4O3S/c15-18(16,9-6-17-7-9)10-11-12-13-14(10)8-4-2-1-3-5-8/h1-5,9H,6-7H2. The zero-order valence-corrected chi connectivity index (χ0v) is 10.1. The van der Waals surface area contributed by atoms with Gasteiger partial charge in [0.1, 0.15) is 5.25 Å². The van der Waals surface area contributed by atoms with Gasteiger partial charge in [-0.2, -0.15) is 4.68 Å². The van der Waals surface area contributed by atoms with Gasteiger partial charge in [0.2, 0.25) is 9.84 Å². The van der Waals surface area contributed by atoms with Gasteiger partial charge in [0.15, 0.2) is 0 Å². The molecule has 0 atom stereocenters. The molecule has 1 aliphatic heterocycles. The van der Waals surface area contributed by atoms with Crippen LogP contribution in [0, 0.1) is 0 Å². The number of ether oxygens (including phenoxy) is 1. The highest BCUT2D eigenvalue weighted by molar-refractivity contribution is 7.92. The Bertz CT molecular complexity index is 649. The number of sulfone groups is 1. The molecule has 0 amide bonds. The minimum absolute atomic E-state index is 0.137. The first-order valence-electron chi connectivity index (χ1n) is 5.35. The van der Waals surface area contributed by atoms with Crippen molar-refractivity contribution in [1.82, 2.24) is 20.2 Å². The quantitative estimate of drug-likeness (QED) is 0.767. The van der Waals surface area contributed by atoms with Crippen molar-refractivity contribution in [1.29, 1.82) is 0 Å². The van der Waals surface area contributed by atoms with Crippen LogP contribution >= 0.6 is 0 Å². The van der Waals surface area contributed by atoms with Crippen molar-refractivity contribution in [2.45, 2.75) is 10.4 Å². The van der Waals surface area contributed by atoms with Crippen LogP contribution in [0.15, 0.2) is 35.5 Å². The summed E-state index contributed by atoms with van der Waals surface area (Å²) in [7, 11) is -3.54. The van der Waals surface area contributed by atoms with Crippen molar-refractivity contribution in [3.05, 3.63) is 30.3 Å². The van der Waals surface area contributed by atoms with E-state index in [1.807, 2.05) is 6.07 Å². The minimum Gasteiger partial charge on any atom is -0.379 e. The normalized spacial score (nSPS) is 16.4. The van der Waals surface area contributed by atoms with E-state index in [1.165, 1.54) is 4.68 Å². The van der Waals surface area contributed by atoms with E-state index in [-0.39, 0.29) is 18.4 Å². The SMILES string of the molecule is O=S(=O)(c1nnnn1-c1ccccc1)C1COC1. The van der Waals surface area contributed by atoms with Crippen LogP contribution in [0.2, 0.25) is 0 Å². The molecule has 0 bridgehead atoms. The van der Waals surface area contributed by atoms with Gasteiger partial charge < -0.3 is 4.74 Å². The molecule has 3 rings (SSSR count). The second kappa shape index (κ2) is 4.14. The molecular formula is C10H10N4O3S. The number of aromatic nitrogens is 4. The Kier molecular flexibility index (Phi) is 2.60. The van der Waals surface area contributed by atoms with Crippen LogP contribution in [-0.2, 0) is 14.6 Å². The third-order valence-corrected chi connectivity index (χ3v) is 4.66. The molecule has 2 aromatic rings. The predicted molar refractivity (Wildman–Crippen MR) is 60.9 cm³/mol. The van der Waals surface area contributed by atoms with Crippen LogP contribution < -0.4 is 0 Å². The molecule has 1 aliphatic rings. The molecule has 0 unspecified atom stereocenters. The maximum atomic E-state index is 12.2. The van der Waals surface area contributed by atoms with Crippen molar-refractivity contribution >= 4 is 9.84 Å². The van der Waals surface area contributed by atoms with E-state index < -0.39 is 15.1 Å². The molecule has 8 heteroatoms. The van der Waals surface area contributed by atoms with Gasteiger partial charge in [0, 0.05) is 0 Å². The molecule has 1 aromatic carbocycles. The molecule has 94 valence electrons. The Morgan fingerprint density at radius 3 is 2.56 bits per heavy atom. The zero-order chi connectivity index (χ0) is 12.6. The highest BCUT2D eigenvalue weighted by Gasteiger charge is 2.38. The first kappa shape index (κ1) is 11.3. The number of hydrogen-bond donors (Lipinski definition) is 0. The predicted octanol–water partition coefficient (Wildman–Crippen LogP) is -0.165. The molecule has 1 fully saturated rings. The number of nitrogens with zero attached hydrogens (tertiary/aromatic N) is 4. The molecule has 0 radical (unpaired) electrons. The average molecular weight is 266 g/mol. The third-order valence-electron chi connectivity index (χ3n) is 2.74. The summed E-state index contributed by atoms with van der Waals surface area (Å²) in [6, 6.07) is 8.90. The molecule has 2 heterocycles. The first-order valence-corrected chi connectivity index (χ1v) is 6.89. The first-order chi connectivity index (χ1) is 8.69. The highest BCUT2D eigenvalue weighted by atomic mass is 32.2. The summed E-state index contributed by atoms with van der Waals surface area (Å²) in [4.78, 5) is 0. The Labute approximate surface area is 103 Å². The van der Waals surface area contributed by atoms with Crippen LogP contribution in [0.25, 0.3) is 5.69 Å². The maximum absolute atomic E-state index is 12.2. The van der Waals surface area contributed by atoms with E-state index in [0.29, 0.717) is 5.69 Å². The number of rotatable bonds is 3. The van der Waals surface area contributed by atoms with Gasteiger partial charge in [0.05, 0.1) is 18.9 Å². The molecular weight excluding hydrogens is 256 g/mol. The smallest absolute Gasteiger partial charge is 0.272 e. The molecule has 0 saturated carbocycles. The Morgan fingerprint density at radius 1 is 1.22 bits per heavy atom. The lowest BCUT2D eigenvalue weighted by atomic mass is 10.3. The van der Waals surface area contributed by atoms with Crippen molar-refractivity contribution < 1.29 is 13.2 Å². The van der Waals surface area contributed by atoms with Crippen LogP contribution in [0.5, 0.6) is 0 Å². The Morgan fingerprint density at radius 2 is 1.94 bits per heavy atom. The van der Waals surface area contributed by atoms with E-state index in [0.717, 1.165) is 0 Å². The van der Waals surface area contributed by atoms with Crippen molar-refractivity contribution in [3.63, 3.8) is 0 Å². The third kappa shape index (κ3) is 1.70. The summed E-state index contributed by atoms with van der Waals surface area (Å²) < 4.78 is 30.6. The molecule has 18 heavy (non-hydrogen) atoms. The lowest BCUT2D eigenvalue weighted by molar-refractivity contribution is 0.0413. The lowest BCUT2D eigenvalue weighted by Crippen LogP contribution is -2.41. The van der Waals surface area contributed by atoms with Gasteiger partial charge in [-0.1, -0.05) is 23.3 Å². The van der Waals surface area contributed by atoms with Crippen molar-refractivity contribution in [2.24, 2.45) is 0 Å². The number of hydrogen-bond acceptors (Lipinski definition) is 6. The summed E-state index contributed by atoms with van der Waals surface area (Å²) in [5, 5.41) is 10.1. The molecule has 0 spiro atoms. The monoisotopic (exact) mass is 266 g/mol. The van der Waals surface area contributed by atoms with Gasteiger partial charge in [-0.05, 0) is 22.6 Å². The summed E-state index contributed by atoms with van der Waals surface area (Å²) in [5.74, 6) is 0. The van der Waals surface area contributed by atoms with Crippen molar-refractivity contribution in [3.8, 4) is 5.69 Å². The van der Waals surface area contributed by atoms with E-state index in [4.69, 9.17) is 4.74 Å². The van der Waals surface area contributed by atoms with Crippen LogP contribution in [-0.4, -0.2) is 47.1 Å². The van der Waals surface area contributed by atoms with E-state index >= 15 is 0 Å². The molecule has 7 nitrogen and oxygen atoms in total. The van der Waals surface area contributed by atoms with E-state index in [9.17, 15) is 8.42 Å². The van der Waals surface area contributed by atoms with Crippen molar-refractivity contribution in [2.75, 3.05) is 13.2 Å². The van der Waals surface area contributed by atoms with Gasteiger partial charge in [-0.25, -0.2) is 8.42 Å². The highest BCUT2D eigenvalue weighted by Crippen LogP contribution is 2.21. The van der Waals surface area contributed by atoms with Gasteiger partial charge >= 0.3 is 0 Å². The van der Waals surface area contributed by atoms with Crippen LogP contribution in [0.4, 0.5) is 0 Å². The summed E-state index contributed by atoms with van der Waals surface area (Å²) in [6.07, 6.45) is 0. The Balaban J connectivity index is 2.07. The van der Waals surface area contributed by atoms with E-state index in [1.54, 1.807) is 24.3 Å². The lowest BCUT2D eigenvalue weighted by Gasteiger charge is -2.24. The fourth-order valence-corrected chi connectivity index (χ4v) is 3.01. The summed E-state index contributed by atoms with van der Waals surface area (Å²) in [5.41, 5.74) is 0.612. The Hall–Kier alpha value is -1.80. The summed E-state index contributed by atoms with van der Waals surface area (Å²) >= 11 is 0. The zero-order valence-electron chi connectivity index (χ0n) is 9.30. The molecule has 1 saturated heterocycles. The van der Waals surface area contributed by atoms with Crippen LogP contribution in [0.3, 0.4) is 0 Å². The van der Waals surface area contributed by atoms with Gasteiger partial charge in [-0.15, -0.1) is 0 Å². The van der Waals surface area contributed by atoms with E-state index in [2.05, 4.69) is 15.5 Å². The fourth-order valence-electron chi connectivity index (χ4n) is 1.63. The topological polar surface area (TPSA) is 87.0 Å². The second-order valence-electron chi connectivity index (χ2n) is 3.91. The number of para-hydroxylation sites is 1. The number of benzene rings is 1. The van der Waals surface area contributed by atoms with Crippen LogP contribution in [0.1, 0.15) is 0 Å². The fraction of sp³-hybridized carbons (Fsp3) is 0.300. The summed E-state index contributed by atoms with van der Waals surface area (Å²) in [6.45, 7) is 0.397. The molecule has 0 aliphatic carbocycles. The minimum atomic E-state index is -3.54. The second-order valence-corrected chi connectivity index (χ2v) is 6.04. The largest absolute Gasteiger partial charge is 0.379 e. The maximum Gasteiger partial charge on any atom is 0.272 e. The molecule has 1 aromatic heterocycles. The van der Waals surface area contributed by atoms with Gasteiger partial charge in [-0.3, -0.25) is 0 Å².